The summed E-state index contributed by atoms with van der Waals surface area (Å²) in [7, 11) is 6.88. The van der Waals surface area contributed by atoms with Crippen molar-refractivity contribution in [2.45, 2.75) is 12.8 Å². The second kappa shape index (κ2) is 5.50. The monoisotopic (exact) mass is 186 g/mol. The molecular weight excluding hydrogens is 176 g/mol. The molecule has 2 heteroatoms. The molecule has 0 aromatic heterocycles. The van der Waals surface area contributed by atoms with Crippen molar-refractivity contribution in [2.24, 2.45) is 0 Å². The highest BCUT2D eigenvalue weighted by Crippen LogP contribution is 2.10. The molecule has 1 rings (SSSR count). The molecule has 0 atom stereocenters. The van der Waals surface area contributed by atoms with Gasteiger partial charge in [-0.05, 0) is 29.1 Å². The molecule has 0 saturated heterocycles. The Morgan fingerprint density at radius 3 is 2.55 bits per heavy atom. The number of benzene rings is 1. The van der Waals surface area contributed by atoms with E-state index in [4.69, 9.17) is 10.7 Å². The van der Waals surface area contributed by atoms with Crippen LogP contribution in [0, 0.1) is 0 Å². The summed E-state index contributed by atoms with van der Waals surface area (Å²) in [6, 6.07) is 10.5. The smallest absolute Gasteiger partial charge is 0.00884 e. The van der Waals surface area contributed by atoms with E-state index in [1.54, 1.807) is 0 Å². The fourth-order valence-electron chi connectivity index (χ4n) is 0.976. The maximum atomic E-state index is 5.48. The van der Waals surface area contributed by atoms with Gasteiger partial charge in [-0.3, -0.25) is 0 Å². The lowest BCUT2D eigenvalue weighted by atomic mass is 10.1. The van der Waals surface area contributed by atoms with Crippen molar-refractivity contribution in [3.05, 3.63) is 35.9 Å². The summed E-state index contributed by atoms with van der Waals surface area (Å²) < 4.78 is 0. The van der Waals surface area contributed by atoms with Crippen molar-refractivity contribution in [3.63, 3.8) is 0 Å². The standard InChI is InChI=1S/C9H11ClS/c10-11-8-4-7-9-5-2-1-3-6-9/h1-3,5-6H,4,7-8H2. The van der Waals surface area contributed by atoms with Crippen molar-refractivity contribution in [1.82, 2.24) is 0 Å². The molecule has 0 spiro atoms. The van der Waals surface area contributed by atoms with E-state index in [1.807, 2.05) is 6.07 Å². The maximum absolute atomic E-state index is 5.48. The van der Waals surface area contributed by atoms with E-state index in [9.17, 15) is 0 Å². The zero-order chi connectivity index (χ0) is 7.94. The third-order valence-electron chi connectivity index (χ3n) is 1.53. The zero-order valence-electron chi connectivity index (χ0n) is 6.29. The molecule has 0 heterocycles. The van der Waals surface area contributed by atoms with Crippen LogP contribution in [0.15, 0.2) is 30.3 Å². The highest BCUT2D eigenvalue weighted by atomic mass is 35.7. The van der Waals surface area contributed by atoms with Gasteiger partial charge >= 0.3 is 0 Å². The van der Waals surface area contributed by atoms with Gasteiger partial charge in [-0.2, -0.15) is 0 Å². The molecule has 60 valence electrons. The first kappa shape index (κ1) is 8.95. The van der Waals surface area contributed by atoms with E-state index in [2.05, 4.69) is 24.3 Å². The van der Waals surface area contributed by atoms with Crippen LogP contribution in [0.3, 0.4) is 0 Å². The molecule has 0 nitrogen and oxygen atoms in total. The zero-order valence-corrected chi connectivity index (χ0v) is 7.87. The van der Waals surface area contributed by atoms with Crippen LogP contribution in [0.25, 0.3) is 0 Å². The molecule has 0 amide bonds. The van der Waals surface area contributed by atoms with Gasteiger partial charge in [0.2, 0.25) is 0 Å². The Balaban J connectivity index is 2.28. The van der Waals surface area contributed by atoms with E-state index in [1.165, 1.54) is 16.5 Å². The lowest BCUT2D eigenvalue weighted by Gasteiger charge is -1.97. The molecule has 0 aliphatic carbocycles. The van der Waals surface area contributed by atoms with E-state index in [0.29, 0.717) is 0 Å². The summed E-state index contributed by atoms with van der Waals surface area (Å²) in [6.45, 7) is 0. The highest BCUT2D eigenvalue weighted by Gasteiger charge is 1.90. The number of hydrogen-bond donors (Lipinski definition) is 0. The molecular formula is C9H11ClS. The predicted molar refractivity (Wildman–Crippen MR) is 53.1 cm³/mol. The number of halogens is 1. The minimum atomic E-state index is 1.04. The Morgan fingerprint density at radius 1 is 1.18 bits per heavy atom. The van der Waals surface area contributed by atoms with Crippen LogP contribution in [0.4, 0.5) is 0 Å². The molecule has 0 aliphatic rings. The summed E-state index contributed by atoms with van der Waals surface area (Å²) >= 11 is 0. The van der Waals surface area contributed by atoms with Crippen LogP contribution in [0.2, 0.25) is 0 Å². The molecule has 0 radical (unpaired) electrons. The number of aryl methyl sites for hydroxylation is 1. The Bertz CT molecular complexity index is 186. The lowest BCUT2D eigenvalue weighted by Crippen LogP contribution is -1.84. The van der Waals surface area contributed by atoms with Gasteiger partial charge in [0.05, 0.1) is 0 Å². The van der Waals surface area contributed by atoms with Gasteiger partial charge in [-0.15, -0.1) is 0 Å². The van der Waals surface area contributed by atoms with Gasteiger partial charge in [-0.25, -0.2) is 0 Å². The Labute approximate surface area is 76.5 Å². The maximum Gasteiger partial charge on any atom is 0.00884 e. The van der Waals surface area contributed by atoms with Crippen LogP contribution in [0.1, 0.15) is 12.0 Å². The first-order chi connectivity index (χ1) is 5.43. The molecule has 0 saturated carbocycles. The van der Waals surface area contributed by atoms with Gasteiger partial charge in [0.1, 0.15) is 0 Å². The predicted octanol–water partition coefficient (Wildman–Crippen LogP) is 3.51. The number of hydrogen-bond acceptors (Lipinski definition) is 1. The minimum absolute atomic E-state index is 1.04. The molecule has 0 aliphatic heterocycles. The van der Waals surface area contributed by atoms with Crippen LogP contribution in [0.5, 0.6) is 0 Å². The largest absolute Gasteiger partial charge is 0.0622 e. The van der Waals surface area contributed by atoms with E-state index in [0.717, 1.165) is 18.6 Å². The molecule has 0 fully saturated rings. The van der Waals surface area contributed by atoms with Crippen LogP contribution in [-0.4, -0.2) is 5.75 Å². The van der Waals surface area contributed by atoms with E-state index < -0.39 is 0 Å². The Hall–Kier alpha value is -0.140. The molecule has 0 unspecified atom stereocenters. The highest BCUT2D eigenvalue weighted by molar-refractivity contribution is 8.21. The third-order valence-corrected chi connectivity index (χ3v) is 2.44. The fraction of sp³-hybridized carbons (Fsp3) is 0.333. The van der Waals surface area contributed by atoms with E-state index in [-0.39, 0.29) is 0 Å². The Kier molecular flexibility index (Phi) is 4.48. The second-order valence-electron chi connectivity index (χ2n) is 2.40. The van der Waals surface area contributed by atoms with Crippen LogP contribution in [-0.2, 0) is 6.42 Å². The lowest BCUT2D eigenvalue weighted by molar-refractivity contribution is 0.936. The van der Waals surface area contributed by atoms with Gasteiger partial charge in [-0.1, -0.05) is 41.3 Å². The molecule has 11 heavy (non-hydrogen) atoms. The van der Waals surface area contributed by atoms with E-state index >= 15 is 0 Å². The van der Waals surface area contributed by atoms with Gasteiger partial charge in [0, 0.05) is 5.75 Å². The Morgan fingerprint density at radius 2 is 1.91 bits per heavy atom. The first-order valence-corrected chi connectivity index (χ1v) is 5.52. The van der Waals surface area contributed by atoms with Crippen molar-refractivity contribution < 1.29 is 0 Å². The van der Waals surface area contributed by atoms with Gasteiger partial charge < -0.3 is 0 Å². The quantitative estimate of drug-likeness (QED) is 0.649. The molecule has 1 aromatic carbocycles. The van der Waals surface area contributed by atoms with Crippen molar-refractivity contribution >= 4 is 21.7 Å². The second-order valence-corrected chi connectivity index (χ2v) is 3.68. The van der Waals surface area contributed by atoms with Crippen molar-refractivity contribution in [1.29, 1.82) is 0 Å². The summed E-state index contributed by atoms with van der Waals surface area (Å²) in [4.78, 5) is 0. The topological polar surface area (TPSA) is 0 Å². The minimum Gasteiger partial charge on any atom is -0.0622 e. The van der Waals surface area contributed by atoms with Gasteiger partial charge in [0.25, 0.3) is 0 Å². The van der Waals surface area contributed by atoms with Crippen LogP contribution < -0.4 is 0 Å². The first-order valence-electron chi connectivity index (χ1n) is 3.71. The van der Waals surface area contributed by atoms with Crippen LogP contribution >= 0.6 is 21.7 Å². The summed E-state index contributed by atoms with van der Waals surface area (Å²) in [5.41, 5.74) is 1.40. The SMILES string of the molecule is ClSCCCc1ccccc1. The summed E-state index contributed by atoms with van der Waals surface area (Å²) in [6.07, 6.45) is 2.30. The number of rotatable bonds is 4. The van der Waals surface area contributed by atoms with Gasteiger partial charge in [0.15, 0.2) is 0 Å². The third kappa shape index (κ3) is 3.68. The van der Waals surface area contributed by atoms with Crippen molar-refractivity contribution in [2.75, 3.05) is 5.75 Å². The normalized spacial score (nSPS) is 9.91. The summed E-state index contributed by atoms with van der Waals surface area (Å²) in [5.74, 6) is 1.04. The fourth-order valence-corrected chi connectivity index (χ4v) is 1.56. The van der Waals surface area contributed by atoms with Crippen molar-refractivity contribution in [3.8, 4) is 0 Å². The summed E-state index contributed by atoms with van der Waals surface area (Å²) in [5, 5.41) is 0. The average Bonchev–Trinajstić information content (AvgIpc) is 2.07. The molecule has 0 bridgehead atoms. The molecule has 1 aromatic rings. The molecule has 0 N–H and O–H groups in total. The average molecular weight is 187 g/mol.